The van der Waals surface area contributed by atoms with Crippen LogP contribution in [0.4, 0.5) is 10.1 Å². The van der Waals surface area contributed by atoms with Crippen LogP contribution in [0.2, 0.25) is 10.0 Å². The molecule has 0 bridgehead atoms. The Balaban J connectivity index is 1.96. The summed E-state index contributed by atoms with van der Waals surface area (Å²) in [5, 5.41) is 21.0. The predicted molar refractivity (Wildman–Crippen MR) is 122 cm³/mol. The Bertz CT molecular complexity index is 1280. The normalized spacial score (nSPS) is 17.5. The van der Waals surface area contributed by atoms with E-state index in [9.17, 15) is 24.2 Å². The highest BCUT2D eigenvalue weighted by molar-refractivity contribution is 6.51. The van der Waals surface area contributed by atoms with Gasteiger partial charge in [0, 0.05) is 11.3 Å². The number of carbonyl (C=O) groups is 2. The molecule has 33 heavy (non-hydrogen) atoms. The van der Waals surface area contributed by atoms with Crippen LogP contribution in [0.15, 0.2) is 66.2 Å². The van der Waals surface area contributed by atoms with Gasteiger partial charge in [-0.05, 0) is 48.0 Å². The van der Waals surface area contributed by atoms with Crippen LogP contribution in [0.25, 0.3) is 5.76 Å². The molecular formula is C24H16Cl2FNO5. The molecule has 0 aromatic heterocycles. The van der Waals surface area contributed by atoms with Crippen molar-refractivity contribution >= 4 is 46.3 Å². The van der Waals surface area contributed by atoms with Gasteiger partial charge in [-0.2, -0.15) is 0 Å². The van der Waals surface area contributed by atoms with Crippen molar-refractivity contribution in [2.45, 2.75) is 6.04 Å². The standard InChI is InChI=1S/C24H16Cl2FNO5/c1-33-23-17(25)9-13(10-18(23)26)21(30)19-20(12-5-7-16(29)8-6-12)28(24(32)22(19)31)15-4-2-3-14(27)11-15/h2-11,20,29-30H,1H3/b21-19+. The summed E-state index contributed by atoms with van der Waals surface area (Å²) in [7, 11) is 1.38. The van der Waals surface area contributed by atoms with Crippen LogP contribution >= 0.6 is 23.2 Å². The molecule has 1 aliphatic rings. The van der Waals surface area contributed by atoms with E-state index in [0.717, 1.165) is 11.0 Å². The molecule has 6 nitrogen and oxygen atoms in total. The first-order chi connectivity index (χ1) is 15.7. The number of ether oxygens (including phenoxy) is 1. The Kier molecular flexibility index (Phi) is 6.01. The number of aliphatic hydroxyl groups is 1. The summed E-state index contributed by atoms with van der Waals surface area (Å²) in [6.45, 7) is 0. The molecule has 2 N–H and O–H groups in total. The number of Topliss-reactive ketones (excluding diaryl/α,β-unsaturated/α-hetero) is 1. The number of amides is 1. The Labute approximate surface area is 198 Å². The molecule has 1 fully saturated rings. The lowest BCUT2D eigenvalue weighted by Gasteiger charge is -2.25. The second-order valence-electron chi connectivity index (χ2n) is 7.21. The molecule has 0 spiro atoms. The first kappa shape index (κ1) is 22.6. The van der Waals surface area contributed by atoms with Crippen molar-refractivity contribution < 1.29 is 28.9 Å². The van der Waals surface area contributed by atoms with Crippen LogP contribution < -0.4 is 9.64 Å². The number of halogens is 3. The molecular weight excluding hydrogens is 472 g/mol. The van der Waals surface area contributed by atoms with Crippen molar-refractivity contribution in [2.75, 3.05) is 12.0 Å². The molecule has 0 aliphatic carbocycles. The van der Waals surface area contributed by atoms with Crippen molar-refractivity contribution in [2.24, 2.45) is 0 Å². The summed E-state index contributed by atoms with van der Waals surface area (Å²) in [6.07, 6.45) is 0. The van der Waals surface area contributed by atoms with Gasteiger partial charge in [0.05, 0.1) is 28.8 Å². The fraction of sp³-hybridized carbons (Fsp3) is 0.0833. The third-order valence-electron chi connectivity index (χ3n) is 5.22. The fourth-order valence-electron chi connectivity index (χ4n) is 3.74. The molecule has 9 heteroatoms. The van der Waals surface area contributed by atoms with Crippen molar-refractivity contribution in [3.8, 4) is 11.5 Å². The second kappa shape index (κ2) is 8.77. The number of phenolic OH excluding ortho intramolecular Hbond substituents is 1. The molecule has 4 rings (SSSR count). The van der Waals surface area contributed by atoms with Gasteiger partial charge >= 0.3 is 0 Å². The average Bonchev–Trinajstić information content (AvgIpc) is 3.04. The highest BCUT2D eigenvalue weighted by Crippen LogP contribution is 2.44. The molecule has 1 saturated heterocycles. The Hall–Kier alpha value is -3.55. The van der Waals surface area contributed by atoms with E-state index in [1.807, 2.05) is 0 Å². The highest BCUT2D eigenvalue weighted by Gasteiger charge is 2.47. The second-order valence-corrected chi connectivity index (χ2v) is 8.03. The van der Waals surface area contributed by atoms with Crippen LogP contribution in [-0.2, 0) is 9.59 Å². The van der Waals surface area contributed by atoms with Gasteiger partial charge < -0.3 is 14.9 Å². The molecule has 1 amide bonds. The Morgan fingerprint density at radius 2 is 1.67 bits per heavy atom. The van der Waals surface area contributed by atoms with E-state index in [4.69, 9.17) is 27.9 Å². The third kappa shape index (κ3) is 4.01. The van der Waals surface area contributed by atoms with E-state index in [-0.39, 0.29) is 38.4 Å². The monoisotopic (exact) mass is 487 g/mol. The molecule has 3 aromatic carbocycles. The first-order valence-electron chi connectivity index (χ1n) is 9.61. The lowest BCUT2D eigenvalue weighted by Crippen LogP contribution is -2.29. The minimum absolute atomic E-state index is 0.0322. The van der Waals surface area contributed by atoms with Crippen molar-refractivity contribution in [3.63, 3.8) is 0 Å². The SMILES string of the molecule is COc1c(Cl)cc(/C(O)=C2\C(=O)C(=O)N(c3cccc(F)c3)C2c2ccc(O)cc2)cc1Cl. The van der Waals surface area contributed by atoms with E-state index in [1.54, 1.807) is 0 Å². The molecule has 3 aromatic rings. The number of ketones is 1. The minimum Gasteiger partial charge on any atom is -0.508 e. The van der Waals surface area contributed by atoms with Gasteiger partial charge in [-0.25, -0.2) is 4.39 Å². The number of hydrogen-bond acceptors (Lipinski definition) is 5. The van der Waals surface area contributed by atoms with Gasteiger partial charge in [-0.15, -0.1) is 0 Å². The first-order valence-corrected chi connectivity index (χ1v) is 10.4. The molecule has 1 atom stereocenters. The van der Waals surface area contributed by atoms with Gasteiger partial charge in [0.1, 0.15) is 17.3 Å². The van der Waals surface area contributed by atoms with Gasteiger partial charge in [0.15, 0.2) is 5.75 Å². The largest absolute Gasteiger partial charge is 0.508 e. The zero-order valence-electron chi connectivity index (χ0n) is 17.1. The maximum absolute atomic E-state index is 13.9. The molecule has 0 saturated carbocycles. The van der Waals surface area contributed by atoms with Gasteiger partial charge in [-0.1, -0.05) is 41.4 Å². The van der Waals surface area contributed by atoms with Crippen LogP contribution in [0.5, 0.6) is 11.5 Å². The summed E-state index contributed by atoms with van der Waals surface area (Å²) < 4.78 is 19.1. The number of aromatic hydroxyl groups is 1. The van der Waals surface area contributed by atoms with E-state index < -0.39 is 29.3 Å². The number of hydrogen-bond donors (Lipinski definition) is 2. The van der Waals surface area contributed by atoms with E-state index >= 15 is 0 Å². The van der Waals surface area contributed by atoms with Gasteiger partial charge in [0.2, 0.25) is 0 Å². The number of benzene rings is 3. The molecule has 1 unspecified atom stereocenters. The molecule has 1 aliphatic heterocycles. The van der Waals surface area contributed by atoms with Gasteiger partial charge in [-0.3, -0.25) is 14.5 Å². The zero-order chi connectivity index (χ0) is 23.9. The zero-order valence-corrected chi connectivity index (χ0v) is 18.6. The maximum Gasteiger partial charge on any atom is 0.300 e. The van der Waals surface area contributed by atoms with Gasteiger partial charge in [0.25, 0.3) is 11.7 Å². The van der Waals surface area contributed by atoms with Crippen LogP contribution in [-0.4, -0.2) is 29.0 Å². The van der Waals surface area contributed by atoms with E-state index in [2.05, 4.69) is 0 Å². The molecule has 168 valence electrons. The van der Waals surface area contributed by atoms with Crippen molar-refractivity contribution in [1.29, 1.82) is 0 Å². The lowest BCUT2D eigenvalue weighted by molar-refractivity contribution is -0.132. The minimum atomic E-state index is -1.10. The number of anilines is 1. The smallest absolute Gasteiger partial charge is 0.300 e. The topological polar surface area (TPSA) is 87.1 Å². The number of nitrogens with zero attached hydrogens (tertiary/aromatic N) is 1. The number of phenols is 1. The summed E-state index contributed by atoms with van der Waals surface area (Å²) in [6, 6.07) is 12.5. The van der Waals surface area contributed by atoms with E-state index in [0.29, 0.717) is 5.56 Å². The van der Waals surface area contributed by atoms with Crippen LogP contribution in [0.1, 0.15) is 17.2 Å². The number of rotatable bonds is 4. The summed E-state index contributed by atoms with van der Waals surface area (Å²) in [4.78, 5) is 27.2. The predicted octanol–water partition coefficient (Wildman–Crippen LogP) is 5.47. The number of aliphatic hydroxyl groups excluding tert-OH is 1. The molecule has 1 heterocycles. The maximum atomic E-state index is 13.9. The Morgan fingerprint density at radius 1 is 1.03 bits per heavy atom. The average molecular weight is 488 g/mol. The fourth-order valence-corrected chi connectivity index (χ4v) is 4.39. The number of methoxy groups -OCH3 is 1. The lowest BCUT2D eigenvalue weighted by atomic mass is 9.95. The Morgan fingerprint density at radius 3 is 2.24 bits per heavy atom. The third-order valence-corrected chi connectivity index (χ3v) is 5.78. The summed E-state index contributed by atoms with van der Waals surface area (Å²) >= 11 is 12.4. The van der Waals surface area contributed by atoms with E-state index in [1.165, 1.54) is 61.7 Å². The van der Waals surface area contributed by atoms with Crippen molar-refractivity contribution in [3.05, 3.63) is 93.2 Å². The van der Waals surface area contributed by atoms with Crippen LogP contribution in [0.3, 0.4) is 0 Å². The molecule has 0 radical (unpaired) electrons. The summed E-state index contributed by atoms with van der Waals surface area (Å²) in [5.41, 5.74) is 0.377. The van der Waals surface area contributed by atoms with Crippen molar-refractivity contribution in [1.82, 2.24) is 0 Å². The van der Waals surface area contributed by atoms with Crippen LogP contribution in [0, 0.1) is 5.82 Å². The quantitative estimate of drug-likeness (QED) is 0.289. The number of carbonyl (C=O) groups excluding carboxylic acids is 2. The summed E-state index contributed by atoms with van der Waals surface area (Å²) in [5.74, 6) is -2.89. The highest BCUT2D eigenvalue weighted by atomic mass is 35.5.